The molecule has 2 aromatic rings. The Morgan fingerprint density at radius 2 is 2.24 bits per heavy atom. The second-order valence-corrected chi connectivity index (χ2v) is 5.44. The van der Waals surface area contributed by atoms with Crippen LogP contribution in [0.15, 0.2) is 22.6 Å². The highest BCUT2D eigenvalue weighted by molar-refractivity contribution is 7.15. The van der Waals surface area contributed by atoms with Gasteiger partial charge in [-0.05, 0) is 13.8 Å². The van der Waals surface area contributed by atoms with Crippen LogP contribution >= 0.6 is 11.3 Å². The van der Waals surface area contributed by atoms with E-state index in [4.69, 9.17) is 5.11 Å². The molecule has 21 heavy (non-hydrogen) atoms. The Morgan fingerprint density at radius 1 is 1.52 bits per heavy atom. The summed E-state index contributed by atoms with van der Waals surface area (Å²) in [6.07, 6.45) is 2.64. The maximum Gasteiger partial charge on any atom is 0.305 e. The molecule has 0 saturated carbocycles. The molecule has 2 heterocycles. The van der Waals surface area contributed by atoms with Crippen molar-refractivity contribution >= 4 is 28.2 Å². The number of carbonyl (C=O) groups is 2. The highest BCUT2D eigenvalue weighted by Gasteiger charge is 2.24. The molecule has 1 N–H and O–H groups in total. The number of carbonyl (C=O) groups excluding carboxylic acids is 1. The molecule has 0 aliphatic heterocycles. The first-order valence-corrected chi connectivity index (χ1v) is 7.31. The average molecular weight is 309 g/mol. The summed E-state index contributed by atoms with van der Waals surface area (Å²) in [5.74, 6) is -1.48. The zero-order chi connectivity index (χ0) is 15.6. The smallest absolute Gasteiger partial charge is 0.305 e. The van der Waals surface area contributed by atoms with E-state index < -0.39 is 23.5 Å². The maximum absolute atomic E-state index is 12.5. The summed E-state index contributed by atoms with van der Waals surface area (Å²) in [4.78, 5) is 41.5. The minimum absolute atomic E-state index is 0.0509. The average Bonchev–Trinajstić information content (AvgIpc) is 2.88. The van der Waals surface area contributed by atoms with Gasteiger partial charge in [0, 0.05) is 30.4 Å². The van der Waals surface area contributed by atoms with Crippen LogP contribution < -0.4 is 5.56 Å². The second-order valence-electron chi connectivity index (χ2n) is 4.57. The van der Waals surface area contributed by atoms with E-state index in [2.05, 4.69) is 4.98 Å². The van der Waals surface area contributed by atoms with Crippen LogP contribution in [0.5, 0.6) is 0 Å². The van der Waals surface area contributed by atoms with Crippen LogP contribution in [0.3, 0.4) is 0 Å². The van der Waals surface area contributed by atoms with Gasteiger partial charge in [-0.15, -0.1) is 11.3 Å². The van der Waals surface area contributed by atoms with Crippen LogP contribution in [-0.4, -0.2) is 43.9 Å². The predicted octanol–water partition coefficient (Wildman–Crippen LogP) is 1.08. The van der Waals surface area contributed by atoms with Crippen molar-refractivity contribution in [3.8, 4) is 0 Å². The maximum atomic E-state index is 12.5. The van der Waals surface area contributed by atoms with Gasteiger partial charge in [-0.3, -0.25) is 18.8 Å². The first kappa shape index (κ1) is 15.2. The molecule has 1 unspecified atom stereocenters. The van der Waals surface area contributed by atoms with E-state index in [0.29, 0.717) is 11.5 Å². The lowest BCUT2D eigenvalue weighted by Gasteiger charge is -2.26. The van der Waals surface area contributed by atoms with Crippen molar-refractivity contribution in [2.75, 3.05) is 6.54 Å². The van der Waals surface area contributed by atoms with Gasteiger partial charge in [0.25, 0.3) is 11.5 Å². The van der Waals surface area contributed by atoms with Gasteiger partial charge in [-0.2, -0.15) is 0 Å². The third-order valence-corrected chi connectivity index (χ3v) is 3.95. The van der Waals surface area contributed by atoms with Gasteiger partial charge in [-0.1, -0.05) is 0 Å². The van der Waals surface area contributed by atoms with Gasteiger partial charge in [-0.25, -0.2) is 4.98 Å². The highest BCUT2D eigenvalue weighted by atomic mass is 32.1. The molecule has 1 amide bonds. The lowest BCUT2D eigenvalue weighted by molar-refractivity contribution is -0.138. The fraction of sp³-hybridized carbons (Fsp3) is 0.385. The van der Waals surface area contributed by atoms with E-state index in [1.165, 1.54) is 26.8 Å². The van der Waals surface area contributed by atoms with Gasteiger partial charge < -0.3 is 10.0 Å². The van der Waals surface area contributed by atoms with E-state index >= 15 is 0 Å². The fourth-order valence-corrected chi connectivity index (χ4v) is 2.82. The van der Waals surface area contributed by atoms with Crippen LogP contribution in [0.4, 0.5) is 0 Å². The predicted molar refractivity (Wildman–Crippen MR) is 77.8 cm³/mol. The van der Waals surface area contributed by atoms with E-state index in [0.717, 1.165) is 0 Å². The Hall–Kier alpha value is -2.22. The van der Waals surface area contributed by atoms with E-state index in [-0.39, 0.29) is 12.0 Å². The first-order chi connectivity index (χ1) is 9.95. The Balaban J connectivity index is 2.37. The van der Waals surface area contributed by atoms with Crippen LogP contribution in [0.1, 0.15) is 30.6 Å². The molecule has 0 saturated heterocycles. The van der Waals surface area contributed by atoms with Gasteiger partial charge in [0.05, 0.1) is 6.42 Å². The molecule has 0 radical (unpaired) electrons. The minimum atomic E-state index is -0.989. The number of aliphatic carboxylic acids is 1. The monoisotopic (exact) mass is 309 g/mol. The van der Waals surface area contributed by atoms with Gasteiger partial charge in [0.15, 0.2) is 4.96 Å². The summed E-state index contributed by atoms with van der Waals surface area (Å²) in [7, 11) is 0. The van der Waals surface area contributed by atoms with Crippen molar-refractivity contribution in [3.05, 3.63) is 33.7 Å². The standard InChI is InChI=1S/C13H15N3O4S/c1-3-15(8(2)6-10(17)18)11(19)9-7-14-13-16(12(9)20)4-5-21-13/h4-5,7-8H,3,6H2,1-2H3,(H,17,18). The molecule has 0 aliphatic rings. The van der Waals surface area contributed by atoms with Crippen molar-refractivity contribution in [2.24, 2.45) is 0 Å². The largest absolute Gasteiger partial charge is 0.481 e. The lowest BCUT2D eigenvalue weighted by atomic mass is 10.1. The number of hydrogen-bond acceptors (Lipinski definition) is 5. The Labute approximate surface area is 124 Å². The number of fused-ring (bicyclic) bond motifs is 1. The number of carboxylic acid groups (broad SMARTS) is 1. The third kappa shape index (κ3) is 2.94. The number of amides is 1. The molecule has 8 heteroatoms. The zero-order valence-corrected chi connectivity index (χ0v) is 12.5. The molecule has 7 nitrogen and oxygen atoms in total. The summed E-state index contributed by atoms with van der Waals surface area (Å²) in [6.45, 7) is 3.70. The van der Waals surface area contributed by atoms with Gasteiger partial charge >= 0.3 is 5.97 Å². The summed E-state index contributed by atoms with van der Waals surface area (Å²) in [6, 6.07) is -0.498. The highest BCUT2D eigenvalue weighted by Crippen LogP contribution is 2.10. The number of carboxylic acids is 1. The Bertz CT molecular complexity index is 736. The lowest BCUT2D eigenvalue weighted by Crippen LogP contribution is -2.42. The molecule has 2 rings (SSSR count). The number of nitrogens with zero attached hydrogens (tertiary/aromatic N) is 3. The van der Waals surface area contributed by atoms with E-state index in [1.54, 1.807) is 25.4 Å². The van der Waals surface area contributed by atoms with Crippen molar-refractivity contribution in [2.45, 2.75) is 26.3 Å². The van der Waals surface area contributed by atoms with Crippen molar-refractivity contribution in [1.82, 2.24) is 14.3 Å². The van der Waals surface area contributed by atoms with Crippen molar-refractivity contribution < 1.29 is 14.7 Å². The van der Waals surface area contributed by atoms with E-state index in [9.17, 15) is 14.4 Å². The molecule has 0 bridgehead atoms. The van der Waals surface area contributed by atoms with Crippen LogP contribution in [0.25, 0.3) is 4.96 Å². The molecular weight excluding hydrogens is 294 g/mol. The first-order valence-electron chi connectivity index (χ1n) is 6.43. The molecule has 1 atom stereocenters. The molecular formula is C13H15N3O4S. The van der Waals surface area contributed by atoms with Crippen molar-refractivity contribution in [3.63, 3.8) is 0 Å². The van der Waals surface area contributed by atoms with Crippen LogP contribution in [0.2, 0.25) is 0 Å². The Kier molecular flexibility index (Phi) is 4.37. The third-order valence-electron chi connectivity index (χ3n) is 3.18. The summed E-state index contributed by atoms with van der Waals surface area (Å²) < 4.78 is 1.31. The number of aromatic nitrogens is 2. The normalized spacial score (nSPS) is 12.3. The van der Waals surface area contributed by atoms with Crippen molar-refractivity contribution in [1.29, 1.82) is 0 Å². The quantitative estimate of drug-likeness (QED) is 0.892. The summed E-state index contributed by atoms with van der Waals surface area (Å²) >= 11 is 1.30. The molecule has 0 spiro atoms. The second kappa shape index (κ2) is 6.04. The molecule has 112 valence electrons. The molecule has 0 aliphatic carbocycles. The summed E-state index contributed by atoms with van der Waals surface area (Å²) in [5, 5.41) is 10.5. The number of rotatable bonds is 5. The number of hydrogen-bond donors (Lipinski definition) is 1. The molecule has 0 fully saturated rings. The zero-order valence-electron chi connectivity index (χ0n) is 11.6. The Morgan fingerprint density at radius 3 is 2.86 bits per heavy atom. The van der Waals surface area contributed by atoms with Crippen LogP contribution in [0, 0.1) is 0 Å². The number of thiazole rings is 1. The summed E-state index contributed by atoms with van der Waals surface area (Å²) in [5.41, 5.74) is -0.489. The van der Waals surface area contributed by atoms with E-state index in [1.807, 2.05) is 0 Å². The fourth-order valence-electron chi connectivity index (χ4n) is 2.14. The van der Waals surface area contributed by atoms with Gasteiger partial charge in [0.1, 0.15) is 5.56 Å². The van der Waals surface area contributed by atoms with Crippen LogP contribution in [-0.2, 0) is 4.79 Å². The SMILES string of the molecule is CCN(C(=O)c1cnc2sccn2c1=O)C(C)CC(=O)O. The molecule has 2 aromatic heterocycles. The molecule has 0 aromatic carbocycles. The van der Waals surface area contributed by atoms with Gasteiger partial charge in [0.2, 0.25) is 0 Å². The topological polar surface area (TPSA) is 92.0 Å². The minimum Gasteiger partial charge on any atom is -0.481 e.